The van der Waals surface area contributed by atoms with Crippen LogP contribution in [-0.2, 0) is 16.1 Å². The highest BCUT2D eigenvalue weighted by Gasteiger charge is 2.56. The number of benzene rings is 1. The first-order chi connectivity index (χ1) is 13.4. The third-order valence-corrected chi connectivity index (χ3v) is 5.79. The summed E-state index contributed by atoms with van der Waals surface area (Å²) in [5.41, 5.74) is 6.87. The Kier molecular flexibility index (Phi) is 4.74. The molecule has 0 radical (unpaired) electrons. The van der Waals surface area contributed by atoms with Gasteiger partial charge in [0.05, 0.1) is 24.9 Å². The van der Waals surface area contributed by atoms with E-state index in [0.717, 1.165) is 31.5 Å². The van der Waals surface area contributed by atoms with E-state index in [0.29, 0.717) is 24.8 Å². The van der Waals surface area contributed by atoms with Crippen LogP contribution in [0.4, 0.5) is 10.5 Å². The molecule has 2 aliphatic heterocycles. The first-order valence-corrected chi connectivity index (χ1v) is 9.80. The quantitative estimate of drug-likeness (QED) is 0.464. The van der Waals surface area contributed by atoms with Crippen molar-refractivity contribution in [2.45, 2.75) is 44.9 Å². The maximum absolute atomic E-state index is 12.8. The van der Waals surface area contributed by atoms with Gasteiger partial charge >= 0.3 is 6.03 Å². The van der Waals surface area contributed by atoms with E-state index in [9.17, 15) is 9.59 Å². The zero-order valence-electron chi connectivity index (χ0n) is 16.4. The highest BCUT2D eigenvalue weighted by Crippen LogP contribution is 2.43. The summed E-state index contributed by atoms with van der Waals surface area (Å²) in [5, 5.41) is 2.87. The lowest BCUT2D eigenvalue weighted by Gasteiger charge is -2.31. The predicted molar refractivity (Wildman–Crippen MR) is 106 cm³/mol. The van der Waals surface area contributed by atoms with Crippen molar-refractivity contribution in [2.75, 3.05) is 24.6 Å². The number of carbonyl (C=O) groups excluding carboxylic acids is 2. The molecular weight excluding hydrogens is 358 g/mol. The topological polar surface area (TPSA) is 100 Å². The zero-order chi connectivity index (χ0) is 19.9. The molecule has 0 aromatic heterocycles. The monoisotopic (exact) mass is 385 g/mol. The lowest BCUT2D eigenvalue weighted by atomic mass is 9.96. The van der Waals surface area contributed by atoms with Gasteiger partial charge in [-0.3, -0.25) is 4.79 Å². The van der Waals surface area contributed by atoms with Crippen LogP contribution in [0.3, 0.4) is 0 Å². The summed E-state index contributed by atoms with van der Waals surface area (Å²) in [6.45, 7) is 6.41. The summed E-state index contributed by atoms with van der Waals surface area (Å²) >= 11 is 0. The number of urea groups is 1. The van der Waals surface area contributed by atoms with E-state index in [1.807, 2.05) is 30.9 Å². The van der Waals surface area contributed by atoms with Crippen molar-refractivity contribution in [3.05, 3.63) is 29.8 Å². The number of imide groups is 1. The molecule has 28 heavy (non-hydrogen) atoms. The largest absolute Gasteiger partial charge is 0.375 e. The molecule has 8 heteroatoms. The number of nitrogens with zero attached hydrogens (tertiary/aromatic N) is 3. The summed E-state index contributed by atoms with van der Waals surface area (Å²) in [5.74, 6) is 0.582. The lowest BCUT2D eigenvalue weighted by Crippen LogP contribution is -2.47. The fourth-order valence-corrected chi connectivity index (χ4v) is 3.88. The summed E-state index contributed by atoms with van der Waals surface area (Å²) in [6.07, 6.45) is 2.11. The number of ether oxygens (including phenoxy) is 1. The summed E-state index contributed by atoms with van der Waals surface area (Å²) in [7, 11) is 0. The molecule has 3 aliphatic rings. The van der Waals surface area contributed by atoms with Crippen LogP contribution in [-0.4, -0.2) is 54.1 Å². The van der Waals surface area contributed by atoms with Gasteiger partial charge in [-0.25, -0.2) is 14.7 Å². The molecule has 1 aromatic carbocycles. The van der Waals surface area contributed by atoms with Crippen molar-refractivity contribution in [2.24, 2.45) is 16.6 Å². The van der Waals surface area contributed by atoms with Crippen LogP contribution < -0.4 is 16.0 Å². The number of aliphatic imine (C=N–C) groups is 1. The van der Waals surface area contributed by atoms with E-state index in [1.165, 1.54) is 4.90 Å². The van der Waals surface area contributed by atoms with Crippen molar-refractivity contribution in [1.82, 2.24) is 10.2 Å². The number of morpholine rings is 1. The molecule has 2 unspecified atom stereocenters. The number of rotatable bonds is 4. The van der Waals surface area contributed by atoms with Crippen LogP contribution in [0, 0.1) is 5.92 Å². The first kappa shape index (κ1) is 18.7. The minimum absolute atomic E-state index is 0.146. The highest BCUT2D eigenvalue weighted by molar-refractivity contribution is 6.23. The molecule has 2 atom stereocenters. The van der Waals surface area contributed by atoms with Gasteiger partial charge in [0, 0.05) is 13.1 Å². The van der Waals surface area contributed by atoms with E-state index >= 15 is 0 Å². The average molecular weight is 385 g/mol. The molecule has 3 amide bonds. The molecule has 1 aromatic rings. The minimum atomic E-state index is -0.774. The average Bonchev–Trinajstić information content (AvgIpc) is 3.49. The molecule has 1 aliphatic carbocycles. The molecule has 4 rings (SSSR count). The number of guanidine groups is 1. The number of anilines is 1. The fourth-order valence-electron chi connectivity index (χ4n) is 3.88. The van der Waals surface area contributed by atoms with Crippen molar-refractivity contribution in [1.29, 1.82) is 0 Å². The smallest absolute Gasteiger partial charge is 0.329 e. The first-order valence-electron chi connectivity index (χ1n) is 9.80. The Morgan fingerprint density at radius 3 is 2.68 bits per heavy atom. The second-order valence-corrected chi connectivity index (χ2v) is 8.02. The molecule has 3 fully saturated rings. The number of amides is 3. The van der Waals surface area contributed by atoms with E-state index < -0.39 is 5.54 Å². The van der Waals surface area contributed by atoms with Gasteiger partial charge < -0.3 is 20.7 Å². The van der Waals surface area contributed by atoms with Crippen molar-refractivity contribution in [3.8, 4) is 0 Å². The fraction of sp³-hybridized carbons (Fsp3) is 0.550. The Labute approximate surface area is 164 Å². The Hall–Kier alpha value is -2.61. The van der Waals surface area contributed by atoms with Gasteiger partial charge in [0.25, 0.3) is 5.91 Å². The summed E-state index contributed by atoms with van der Waals surface area (Å²) in [6, 6.07) is 6.97. The van der Waals surface area contributed by atoms with E-state index in [1.54, 1.807) is 12.1 Å². The Bertz CT molecular complexity index is 805. The van der Waals surface area contributed by atoms with Crippen LogP contribution in [0.15, 0.2) is 29.3 Å². The second-order valence-electron chi connectivity index (χ2n) is 8.02. The van der Waals surface area contributed by atoms with Crippen molar-refractivity contribution in [3.63, 3.8) is 0 Å². The number of carbonyl (C=O) groups is 2. The zero-order valence-corrected chi connectivity index (χ0v) is 16.4. The molecule has 2 heterocycles. The molecule has 0 spiro atoms. The maximum atomic E-state index is 12.8. The van der Waals surface area contributed by atoms with Crippen molar-refractivity contribution >= 4 is 23.6 Å². The van der Waals surface area contributed by atoms with Crippen LogP contribution in [0.25, 0.3) is 0 Å². The van der Waals surface area contributed by atoms with Gasteiger partial charge in [0.15, 0.2) is 5.96 Å². The van der Waals surface area contributed by atoms with Crippen LogP contribution in [0.2, 0.25) is 0 Å². The second kappa shape index (κ2) is 7.09. The highest BCUT2D eigenvalue weighted by atomic mass is 16.5. The molecule has 8 nitrogen and oxygen atoms in total. The summed E-state index contributed by atoms with van der Waals surface area (Å²) < 4.78 is 5.52. The van der Waals surface area contributed by atoms with E-state index in [4.69, 9.17) is 10.5 Å². The standard InChI is InChI=1S/C20H27N5O3/c1-13-12-24(9-10-28-13)18(21)22-11-14-3-7-16(8-4-14)25-17(26)20(2,15-5-6-15)23-19(25)27/h3-4,7-8,13,15H,5-6,9-12H2,1-2H3,(H2,21,22)(H,23,27). The third kappa shape index (κ3) is 3.44. The van der Waals surface area contributed by atoms with Gasteiger partial charge in [-0.15, -0.1) is 0 Å². The Balaban J connectivity index is 1.42. The number of nitrogens with one attached hydrogen (secondary N) is 1. The normalized spacial score (nSPS) is 28.6. The maximum Gasteiger partial charge on any atom is 0.329 e. The van der Waals surface area contributed by atoms with E-state index in [2.05, 4.69) is 10.3 Å². The molecule has 0 bridgehead atoms. The number of hydrogen-bond acceptors (Lipinski definition) is 4. The van der Waals surface area contributed by atoms with Gasteiger partial charge in [-0.05, 0) is 50.3 Å². The third-order valence-electron chi connectivity index (χ3n) is 5.79. The van der Waals surface area contributed by atoms with Gasteiger partial charge in [0.1, 0.15) is 5.54 Å². The molecular formula is C20H27N5O3. The van der Waals surface area contributed by atoms with E-state index in [-0.39, 0.29) is 24.0 Å². The molecule has 150 valence electrons. The minimum Gasteiger partial charge on any atom is -0.375 e. The van der Waals surface area contributed by atoms with Crippen LogP contribution >= 0.6 is 0 Å². The van der Waals surface area contributed by atoms with Crippen molar-refractivity contribution < 1.29 is 14.3 Å². The van der Waals surface area contributed by atoms with Crippen LogP contribution in [0.1, 0.15) is 32.3 Å². The van der Waals surface area contributed by atoms with Crippen LogP contribution in [0.5, 0.6) is 0 Å². The molecule has 1 saturated carbocycles. The van der Waals surface area contributed by atoms with Gasteiger partial charge in [0.2, 0.25) is 0 Å². The van der Waals surface area contributed by atoms with Gasteiger partial charge in [-0.1, -0.05) is 12.1 Å². The Morgan fingerprint density at radius 1 is 1.32 bits per heavy atom. The SMILES string of the molecule is CC1CN(C(N)=NCc2ccc(N3C(=O)NC(C)(C4CC4)C3=O)cc2)CCO1. The van der Waals surface area contributed by atoms with Gasteiger partial charge in [-0.2, -0.15) is 0 Å². The Morgan fingerprint density at radius 2 is 2.04 bits per heavy atom. The molecule has 3 N–H and O–H groups in total. The molecule has 2 saturated heterocycles. The number of nitrogens with two attached hydrogens (primary N) is 1. The number of hydrogen-bond donors (Lipinski definition) is 2. The predicted octanol–water partition coefficient (Wildman–Crippen LogP) is 1.45. The lowest BCUT2D eigenvalue weighted by molar-refractivity contribution is -0.122. The summed E-state index contributed by atoms with van der Waals surface area (Å²) in [4.78, 5) is 32.9.